The van der Waals surface area contributed by atoms with Crippen LogP contribution in [-0.4, -0.2) is 24.2 Å². The average Bonchev–Trinajstić information content (AvgIpc) is 2.44. The highest BCUT2D eigenvalue weighted by molar-refractivity contribution is 5.90. The van der Waals surface area contributed by atoms with Crippen molar-refractivity contribution in [3.8, 4) is 5.75 Å². The van der Waals surface area contributed by atoms with E-state index >= 15 is 0 Å². The molecule has 104 valence electrons. The first-order valence-electron chi connectivity index (χ1n) is 6.11. The summed E-state index contributed by atoms with van der Waals surface area (Å²) < 4.78 is 18.4. The lowest BCUT2D eigenvalue weighted by Gasteiger charge is -2.10. The number of nitrogens with one attached hydrogen (secondary N) is 1. The molecule has 2 aromatic carbocycles. The van der Waals surface area contributed by atoms with Crippen molar-refractivity contribution in [1.29, 1.82) is 0 Å². The zero-order valence-electron chi connectivity index (χ0n) is 10.7. The number of anilines is 1. The fourth-order valence-electron chi connectivity index (χ4n) is 1.72. The first kappa shape index (κ1) is 13.9. The Labute approximate surface area is 115 Å². The monoisotopic (exact) mass is 275 g/mol. The maximum atomic E-state index is 12.9. The van der Waals surface area contributed by atoms with Crippen molar-refractivity contribution in [2.75, 3.05) is 18.5 Å². The Morgan fingerprint density at radius 2 is 2.00 bits per heavy atom. The Morgan fingerprint density at radius 1 is 1.20 bits per heavy atom. The number of ether oxygens (including phenoxy) is 1. The summed E-state index contributed by atoms with van der Waals surface area (Å²) in [4.78, 5) is 11.0. The molecule has 0 unspecified atom stereocenters. The van der Waals surface area contributed by atoms with Crippen LogP contribution in [0.3, 0.4) is 0 Å². The van der Waals surface area contributed by atoms with Gasteiger partial charge in [0, 0.05) is 12.2 Å². The lowest BCUT2D eigenvalue weighted by molar-refractivity contribution is 0.0692. The van der Waals surface area contributed by atoms with Gasteiger partial charge in [-0.1, -0.05) is 18.2 Å². The van der Waals surface area contributed by atoms with E-state index in [1.54, 1.807) is 30.3 Å². The summed E-state index contributed by atoms with van der Waals surface area (Å²) in [6, 6.07) is 12.5. The number of carboxylic acids is 1. The third-order valence-corrected chi connectivity index (χ3v) is 2.63. The predicted molar refractivity (Wildman–Crippen MR) is 73.8 cm³/mol. The first-order valence-corrected chi connectivity index (χ1v) is 6.11. The van der Waals surface area contributed by atoms with Crippen LogP contribution in [0.15, 0.2) is 48.5 Å². The number of halogens is 1. The van der Waals surface area contributed by atoms with Crippen LogP contribution in [0, 0.1) is 5.82 Å². The number of para-hydroxylation sites is 1. The zero-order chi connectivity index (χ0) is 14.4. The molecule has 0 aliphatic heterocycles. The van der Waals surface area contributed by atoms with E-state index in [2.05, 4.69) is 5.32 Å². The van der Waals surface area contributed by atoms with Gasteiger partial charge in [-0.25, -0.2) is 9.18 Å². The number of carbonyl (C=O) groups is 1. The van der Waals surface area contributed by atoms with E-state index < -0.39 is 5.97 Å². The maximum Gasteiger partial charge on any atom is 0.339 e. The number of hydrogen-bond acceptors (Lipinski definition) is 3. The molecule has 0 bridgehead atoms. The molecule has 0 amide bonds. The molecule has 0 aliphatic carbocycles. The molecule has 0 atom stereocenters. The number of carboxylic acid groups (broad SMARTS) is 1. The molecule has 0 spiro atoms. The van der Waals surface area contributed by atoms with Crippen LogP contribution < -0.4 is 10.1 Å². The van der Waals surface area contributed by atoms with Gasteiger partial charge in [-0.3, -0.25) is 0 Å². The quantitative estimate of drug-likeness (QED) is 0.796. The van der Waals surface area contributed by atoms with Gasteiger partial charge in [-0.05, 0) is 30.3 Å². The standard InChI is InChI=1S/C15H14FNO3/c16-11-4-3-5-12(10-11)17-8-9-20-14-7-2-1-6-13(14)15(18)19/h1-7,10,17H,8-9H2,(H,18,19). The van der Waals surface area contributed by atoms with Gasteiger partial charge < -0.3 is 15.2 Å². The van der Waals surface area contributed by atoms with E-state index in [0.29, 0.717) is 18.0 Å². The van der Waals surface area contributed by atoms with Crippen molar-refractivity contribution < 1.29 is 19.0 Å². The predicted octanol–water partition coefficient (Wildman–Crippen LogP) is 3.01. The first-order chi connectivity index (χ1) is 9.66. The van der Waals surface area contributed by atoms with E-state index in [-0.39, 0.29) is 18.0 Å². The molecule has 2 aromatic rings. The molecule has 2 rings (SSSR count). The van der Waals surface area contributed by atoms with Crippen LogP contribution in [0.5, 0.6) is 5.75 Å². The van der Waals surface area contributed by atoms with Crippen molar-refractivity contribution >= 4 is 11.7 Å². The molecular formula is C15H14FNO3. The average molecular weight is 275 g/mol. The molecule has 2 N–H and O–H groups in total. The molecule has 0 aliphatic rings. The fraction of sp³-hybridized carbons (Fsp3) is 0.133. The van der Waals surface area contributed by atoms with E-state index in [9.17, 15) is 9.18 Å². The Kier molecular flexibility index (Phi) is 4.55. The van der Waals surface area contributed by atoms with E-state index in [4.69, 9.17) is 9.84 Å². The largest absolute Gasteiger partial charge is 0.491 e. The van der Waals surface area contributed by atoms with Crippen LogP contribution in [0.1, 0.15) is 10.4 Å². The summed E-state index contributed by atoms with van der Waals surface area (Å²) in [5, 5.41) is 12.0. The maximum absolute atomic E-state index is 12.9. The van der Waals surface area contributed by atoms with E-state index in [1.807, 2.05) is 0 Å². The van der Waals surface area contributed by atoms with Gasteiger partial charge in [0.15, 0.2) is 0 Å². The van der Waals surface area contributed by atoms with Crippen LogP contribution in [0.25, 0.3) is 0 Å². The van der Waals surface area contributed by atoms with Crippen LogP contribution in [0.2, 0.25) is 0 Å². The lowest BCUT2D eigenvalue weighted by atomic mass is 10.2. The second kappa shape index (κ2) is 6.56. The third-order valence-electron chi connectivity index (χ3n) is 2.63. The Balaban J connectivity index is 1.86. The number of rotatable bonds is 6. The molecular weight excluding hydrogens is 261 g/mol. The van der Waals surface area contributed by atoms with Gasteiger partial charge in [0.1, 0.15) is 23.7 Å². The highest BCUT2D eigenvalue weighted by atomic mass is 19.1. The van der Waals surface area contributed by atoms with Crippen molar-refractivity contribution in [3.63, 3.8) is 0 Å². The highest BCUT2D eigenvalue weighted by Gasteiger charge is 2.09. The molecule has 4 nitrogen and oxygen atoms in total. The topological polar surface area (TPSA) is 58.6 Å². The summed E-state index contributed by atoms with van der Waals surface area (Å²) >= 11 is 0. The SMILES string of the molecule is O=C(O)c1ccccc1OCCNc1cccc(F)c1. The summed E-state index contributed by atoms with van der Waals surface area (Å²) in [6.45, 7) is 0.720. The molecule has 0 saturated carbocycles. The Morgan fingerprint density at radius 3 is 2.75 bits per heavy atom. The molecule has 0 radical (unpaired) electrons. The zero-order valence-corrected chi connectivity index (χ0v) is 10.7. The molecule has 20 heavy (non-hydrogen) atoms. The van der Waals surface area contributed by atoms with Crippen molar-refractivity contribution in [3.05, 3.63) is 59.9 Å². The Bertz CT molecular complexity index is 601. The summed E-state index contributed by atoms with van der Waals surface area (Å²) in [5.74, 6) is -1.02. The van der Waals surface area contributed by atoms with Gasteiger partial charge in [0.05, 0.1) is 0 Å². The van der Waals surface area contributed by atoms with Gasteiger partial charge in [0.25, 0.3) is 0 Å². The second-order valence-corrected chi connectivity index (χ2v) is 4.09. The van der Waals surface area contributed by atoms with Crippen molar-refractivity contribution in [1.82, 2.24) is 0 Å². The molecule has 0 heterocycles. The number of hydrogen-bond donors (Lipinski definition) is 2. The third kappa shape index (κ3) is 3.71. The molecule has 0 fully saturated rings. The van der Waals surface area contributed by atoms with Crippen LogP contribution >= 0.6 is 0 Å². The minimum atomic E-state index is -1.03. The van der Waals surface area contributed by atoms with Crippen LogP contribution in [-0.2, 0) is 0 Å². The summed E-state index contributed by atoms with van der Waals surface area (Å²) in [5.41, 5.74) is 0.776. The minimum absolute atomic E-state index is 0.123. The van der Waals surface area contributed by atoms with E-state index in [0.717, 1.165) is 0 Å². The normalized spacial score (nSPS) is 10.1. The molecule has 5 heteroatoms. The highest BCUT2D eigenvalue weighted by Crippen LogP contribution is 2.17. The summed E-state index contributed by atoms with van der Waals surface area (Å²) in [6.07, 6.45) is 0. The van der Waals surface area contributed by atoms with Crippen molar-refractivity contribution in [2.24, 2.45) is 0 Å². The van der Waals surface area contributed by atoms with Crippen molar-refractivity contribution in [2.45, 2.75) is 0 Å². The smallest absolute Gasteiger partial charge is 0.339 e. The minimum Gasteiger partial charge on any atom is -0.491 e. The number of benzene rings is 2. The van der Waals surface area contributed by atoms with E-state index in [1.165, 1.54) is 18.2 Å². The van der Waals surface area contributed by atoms with Gasteiger partial charge in [0.2, 0.25) is 0 Å². The molecule has 0 saturated heterocycles. The fourth-order valence-corrected chi connectivity index (χ4v) is 1.72. The van der Waals surface area contributed by atoms with Gasteiger partial charge in [-0.2, -0.15) is 0 Å². The molecule has 0 aromatic heterocycles. The van der Waals surface area contributed by atoms with Gasteiger partial charge in [-0.15, -0.1) is 0 Å². The van der Waals surface area contributed by atoms with Crippen LogP contribution in [0.4, 0.5) is 10.1 Å². The number of aromatic carboxylic acids is 1. The lowest BCUT2D eigenvalue weighted by Crippen LogP contribution is -2.13. The van der Waals surface area contributed by atoms with Gasteiger partial charge >= 0.3 is 5.97 Å². The summed E-state index contributed by atoms with van der Waals surface area (Å²) in [7, 11) is 0. The Hall–Kier alpha value is -2.56. The second-order valence-electron chi connectivity index (χ2n) is 4.09.